The van der Waals surface area contributed by atoms with Crippen molar-refractivity contribution < 1.29 is 9.59 Å². The van der Waals surface area contributed by atoms with Gasteiger partial charge < -0.3 is 15.1 Å². The third-order valence-corrected chi connectivity index (χ3v) is 6.24. The minimum atomic E-state index is -0.146. The zero-order valence-electron chi connectivity index (χ0n) is 18.3. The molecule has 0 aliphatic carbocycles. The third kappa shape index (κ3) is 5.85. The molecule has 2 atom stereocenters. The molecule has 2 aliphatic heterocycles. The third-order valence-electron chi connectivity index (χ3n) is 6.24. The number of carbonyl (C=O) groups is 2. The van der Waals surface area contributed by atoms with Crippen LogP contribution in [0.15, 0.2) is 43.0 Å². The molecule has 0 radical (unpaired) electrons. The van der Waals surface area contributed by atoms with Crippen molar-refractivity contribution in [3.63, 3.8) is 0 Å². The molecule has 0 saturated carbocycles. The van der Waals surface area contributed by atoms with E-state index in [1.807, 2.05) is 34.1 Å². The molecular formula is C24H36N4O2. The Hall–Kier alpha value is -2.34. The van der Waals surface area contributed by atoms with Gasteiger partial charge in [0.05, 0.1) is 5.92 Å². The van der Waals surface area contributed by atoms with Gasteiger partial charge in [0.1, 0.15) is 0 Å². The van der Waals surface area contributed by atoms with E-state index in [0.29, 0.717) is 19.6 Å². The molecule has 0 spiro atoms. The fourth-order valence-electron chi connectivity index (χ4n) is 4.49. The Balaban J connectivity index is 1.68. The molecule has 1 aromatic carbocycles. The summed E-state index contributed by atoms with van der Waals surface area (Å²) in [7, 11) is 0. The number of amides is 3. The van der Waals surface area contributed by atoms with Crippen LogP contribution in [0.5, 0.6) is 0 Å². The molecule has 2 aliphatic rings. The molecule has 2 saturated heterocycles. The number of carbonyl (C=O) groups excluding carboxylic acids is 2. The largest absolute Gasteiger partial charge is 0.340 e. The lowest BCUT2D eigenvalue weighted by molar-refractivity contribution is -0.138. The predicted octanol–water partition coefficient (Wildman–Crippen LogP) is 2.93. The second-order valence-corrected chi connectivity index (χ2v) is 8.45. The molecule has 2 heterocycles. The number of benzene rings is 1. The quantitative estimate of drug-likeness (QED) is 0.553. The van der Waals surface area contributed by atoms with E-state index in [2.05, 4.69) is 35.9 Å². The molecule has 0 aromatic heterocycles. The molecule has 2 fully saturated rings. The molecule has 1 aromatic rings. The number of unbranched alkanes of at least 4 members (excludes halogenated alkanes) is 1. The van der Waals surface area contributed by atoms with Crippen LogP contribution in [0, 0.1) is 5.92 Å². The number of hydrogen-bond acceptors (Lipinski definition) is 3. The first-order valence-electron chi connectivity index (χ1n) is 11.3. The summed E-state index contributed by atoms with van der Waals surface area (Å²) in [4.78, 5) is 32.3. The highest BCUT2D eigenvalue weighted by molar-refractivity contribution is 5.81. The maximum absolute atomic E-state index is 13.4. The Bertz CT molecular complexity index is 700. The minimum Gasteiger partial charge on any atom is -0.340 e. The van der Waals surface area contributed by atoms with Crippen molar-refractivity contribution in [2.45, 2.75) is 32.1 Å². The van der Waals surface area contributed by atoms with Crippen LogP contribution in [0.4, 0.5) is 4.79 Å². The van der Waals surface area contributed by atoms with Crippen LogP contribution < -0.4 is 5.32 Å². The standard InChI is InChI=1S/C24H36N4O2/c1-3-5-11-25-24(30)28-18-21(20-9-7-6-8-10-20)17-22(19-28)23(29)27-15-13-26(12-4-2)14-16-27/h4,6-10,21-22H,2-3,5,11-19H2,1H3,(H,25,30). The second kappa shape index (κ2) is 11.2. The van der Waals surface area contributed by atoms with Crippen LogP contribution in [-0.2, 0) is 4.79 Å². The molecule has 1 N–H and O–H groups in total. The zero-order chi connectivity index (χ0) is 21.3. The Morgan fingerprint density at radius 3 is 2.50 bits per heavy atom. The molecular weight excluding hydrogens is 376 g/mol. The number of piperidine rings is 1. The van der Waals surface area contributed by atoms with Crippen molar-refractivity contribution in [3.05, 3.63) is 48.6 Å². The summed E-state index contributed by atoms with van der Waals surface area (Å²) in [6.45, 7) is 11.9. The van der Waals surface area contributed by atoms with Gasteiger partial charge in [0, 0.05) is 58.3 Å². The van der Waals surface area contributed by atoms with Crippen LogP contribution in [0.1, 0.15) is 37.7 Å². The van der Waals surface area contributed by atoms with E-state index in [0.717, 1.165) is 52.0 Å². The van der Waals surface area contributed by atoms with Gasteiger partial charge in [0.15, 0.2) is 0 Å². The normalized spacial score (nSPS) is 22.6. The van der Waals surface area contributed by atoms with Gasteiger partial charge in [-0.15, -0.1) is 6.58 Å². The topological polar surface area (TPSA) is 55.9 Å². The van der Waals surface area contributed by atoms with Gasteiger partial charge in [0.2, 0.25) is 5.91 Å². The summed E-state index contributed by atoms with van der Waals surface area (Å²) >= 11 is 0. The molecule has 6 heteroatoms. The summed E-state index contributed by atoms with van der Waals surface area (Å²) < 4.78 is 0. The van der Waals surface area contributed by atoms with Crippen molar-refractivity contribution in [3.8, 4) is 0 Å². The maximum Gasteiger partial charge on any atom is 0.317 e. The number of nitrogens with one attached hydrogen (secondary N) is 1. The smallest absolute Gasteiger partial charge is 0.317 e. The Morgan fingerprint density at radius 1 is 1.10 bits per heavy atom. The van der Waals surface area contributed by atoms with E-state index in [9.17, 15) is 9.59 Å². The van der Waals surface area contributed by atoms with E-state index < -0.39 is 0 Å². The van der Waals surface area contributed by atoms with Crippen molar-refractivity contribution in [2.75, 3.05) is 52.4 Å². The first kappa shape index (κ1) is 22.3. The summed E-state index contributed by atoms with van der Waals surface area (Å²) in [5.74, 6) is 0.236. The van der Waals surface area contributed by atoms with Crippen LogP contribution in [0.25, 0.3) is 0 Å². The van der Waals surface area contributed by atoms with Crippen LogP contribution in [-0.4, -0.2) is 79.0 Å². The molecule has 2 unspecified atom stereocenters. The second-order valence-electron chi connectivity index (χ2n) is 8.45. The van der Waals surface area contributed by atoms with E-state index in [1.165, 1.54) is 5.56 Å². The summed E-state index contributed by atoms with van der Waals surface area (Å²) in [6.07, 6.45) is 4.73. The summed E-state index contributed by atoms with van der Waals surface area (Å²) in [6, 6.07) is 10.2. The van der Waals surface area contributed by atoms with Crippen molar-refractivity contribution >= 4 is 11.9 Å². The SMILES string of the molecule is C=CCN1CCN(C(=O)C2CC(c3ccccc3)CN(C(=O)NCCCC)C2)CC1. The van der Waals surface area contributed by atoms with Crippen molar-refractivity contribution in [1.82, 2.24) is 20.0 Å². The molecule has 0 bridgehead atoms. The lowest BCUT2D eigenvalue weighted by atomic mass is 9.84. The number of piperazine rings is 1. The maximum atomic E-state index is 13.4. The van der Waals surface area contributed by atoms with E-state index in [-0.39, 0.29) is 23.8 Å². The van der Waals surface area contributed by atoms with Crippen molar-refractivity contribution in [2.24, 2.45) is 5.92 Å². The fraction of sp³-hybridized carbons (Fsp3) is 0.583. The highest BCUT2D eigenvalue weighted by atomic mass is 16.2. The highest BCUT2D eigenvalue weighted by Gasteiger charge is 2.37. The highest BCUT2D eigenvalue weighted by Crippen LogP contribution is 2.31. The van der Waals surface area contributed by atoms with Gasteiger partial charge in [-0.3, -0.25) is 9.69 Å². The van der Waals surface area contributed by atoms with Gasteiger partial charge in [-0.1, -0.05) is 49.8 Å². The van der Waals surface area contributed by atoms with Gasteiger partial charge in [0.25, 0.3) is 0 Å². The molecule has 3 rings (SSSR count). The molecule has 30 heavy (non-hydrogen) atoms. The van der Waals surface area contributed by atoms with E-state index in [4.69, 9.17) is 0 Å². The summed E-state index contributed by atoms with van der Waals surface area (Å²) in [5, 5.41) is 3.03. The number of nitrogens with zero attached hydrogens (tertiary/aromatic N) is 3. The Morgan fingerprint density at radius 2 is 1.83 bits per heavy atom. The predicted molar refractivity (Wildman–Crippen MR) is 120 cm³/mol. The summed E-state index contributed by atoms with van der Waals surface area (Å²) in [5.41, 5.74) is 1.21. The first-order valence-corrected chi connectivity index (χ1v) is 11.3. The number of hydrogen-bond donors (Lipinski definition) is 1. The zero-order valence-corrected chi connectivity index (χ0v) is 18.3. The number of urea groups is 1. The molecule has 3 amide bonds. The Kier molecular flexibility index (Phi) is 8.31. The van der Waals surface area contributed by atoms with Crippen molar-refractivity contribution in [1.29, 1.82) is 0 Å². The minimum absolute atomic E-state index is 0.0438. The van der Waals surface area contributed by atoms with Gasteiger partial charge >= 0.3 is 6.03 Å². The average molecular weight is 413 g/mol. The van der Waals surface area contributed by atoms with Gasteiger partial charge in [-0.05, 0) is 18.4 Å². The van der Waals surface area contributed by atoms with Crippen LogP contribution in [0.2, 0.25) is 0 Å². The van der Waals surface area contributed by atoms with Gasteiger partial charge in [-0.25, -0.2) is 4.79 Å². The van der Waals surface area contributed by atoms with Crippen LogP contribution >= 0.6 is 0 Å². The number of likely N-dealkylation sites (tertiary alicyclic amines) is 1. The molecule has 6 nitrogen and oxygen atoms in total. The fourth-order valence-corrected chi connectivity index (χ4v) is 4.49. The number of rotatable bonds is 7. The van der Waals surface area contributed by atoms with E-state index in [1.54, 1.807) is 0 Å². The monoisotopic (exact) mass is 412 g/mol. The van der Waals surface area contributed by atoms with Crippen LogP contribution in [0.3, 0.4) is 0 Å². The lowest BCUT2D eigenvalue weighted by Gasteiger charge is -2.41. The Labute approximate surface area is 180 Å². The van der Waals surface area contributed by atoms with E-state index >= 15 is 0 Å². The first-order chi connectivity index (χ1) is 14.6. The molecule has 164 valence electrons. The lowest BCUT2D eigenvalue weighted by Crippen LogP contribution is -2.55. The van der Waals surface area contributed by atoms with Gasteiger partial charge in [-0.2, -0.15) is 0 Å². The average Bonchev–Trinajstić information content (AvgIpc) is 2.79.